The van der Waals surface area contributed by atoms with Crippen LogP contribution in [0.1, 0.15) is 155 Å². The van der Waals surface area contributed by atoms with E-state index in [-0.39, 0.29) is 12.8 Å². The Bertz CT molecular complexity index is 1340. The van der Waals surface area contributed by atoms with Crippen LogP contribution in [0, 0.1) is 0 Å². The lowest BCUT2D eigenvalue weighted by Gasteiger charge is -2.20. The predicted octanol–water partition coefficient (Wildman–Crippen LogP) is 9.17. The van der Waals surface area contributed by atoms with Gasteiger partial charge in [-0.3, -0.25) is 23.2 Å². The first-order valence-electron chi connectivity index (χ1n) is 22.1. The number of ether oxygens (including phenoxy) is 2. The SMILES string of the molecule is CCCCC/C=C\C/C=C\C/C=C\C/C=C\CCCC(=O)O[C@H](COC(=O)CCCCCCC[C@@H](O)[C@H](O)C/C=C\CCCCC)COP(=O)(O)OC[C@@H](O)COP(=O)(O)O. The number of aliphatic hydroxyl groups is 3. The highest BCUT2D eigenvalue weighted by Crippen LogP contribution is 2.43. The number of hydrogen-bond acceptors (Lipinski definition) is 12. The topological polar surface area (TPSA) is 236 Å². The van der Waals surface area contributed by atoms with E-state index in [1.165, 1.54) is 25.7 Å². The van der Waals surface area contributed by atoms with Crippen molar-refractivity contribution in [2.75, 3.05) is 26.4 Å². The molecular formula is C44H78O15P2. The van der Waals surface area contributed by atoms with E-state index in [1.807, 2.05) is 24.3 Å². The maximum Gasteiger partial charge on any atom is 0.472 e. The van der Waals surface area contributed by atoms with Crippen LogP contribution in [0.15, 0.2) is 60.8 Å². The van der Waals surface area contributed by atoms with Crippen LogP contribution in [0.4, 0.5) is 0 Å². The molecule has 15 nitrogen and oxygen atoms in total. The van der Waals surface area contributed by atoms with Crippen molar-refractivity contribution in [2.24, 2.45) is 0 Å². The Morgan fingerprint density at radius 2 is 1.02 bits per heavy atom. The van der Waals surface area contributed by atoms with Crippen LogP contribution in [-0.4, -0.2) is 92.8 Å². The number of aliphatic hydroxyl groups excluding tert-OH is 3. The molecule has 0 aromatic carbocycles. The third-order valence-electron chi connectivity index (χ3n) is 9.07. The molecule has 17 heteroatoms. The standard InChI is InChI=1S/C44H78O15P2/c1-3-5-7-9-11-12-13-14-15-16-17-18-19-20-21-25-30-34-44(49)59-40(38-58-61(53,54)57-36-39(45)35-56-60(50,51)52)37-55-43(48)33-29-26-22-24-28-32-42(47)41(46)31-27-23-10-8-6-4-2/h11-12,14-15,17-18,20-21,23,27,39-42,45-47H,3-10,13,16,19,22,24-26,28-38H2,1-2H3,(H,53,54)(H2,50,51,52)/b12-11-,15-14-,18-17-,21-20-,27-23-/t39-,40+,41+,42+/m0/s1. The molecule has 0 saturated carbocycles. The van der Waals surface area contributed by atoms with E-state index in [1.54, 1.807) is 0 Å². The summed E-state index contributed by atoms with van der Waals surface area (Å²) in [5.74, 6) is -1.21. The zero-order chi connectivity index (χ0) is 45.5. The minimum Gasteiger partial charge on any atom is -0.462 e. The van der Waals surface area contributed by atoms with Crippen LogP contribution in [0.2, 0.25) is 0 Å². The molecule has 0 rings (SSSR count). The van der Waals surface area contributed by atoms with Gasteiger partial charge >= 0.3 is 27.6 Å². The molecule has 0 radical (unpaired) electrons. The van der Waals surface area contributed by atoms with Gasteiger partial charge in [-0.2, -0.15) is 0 Å². The van der Waals surface area contributed by atoms with Crippen molar-refractivity contribution in [3.63, 3.8) is 0 Å². The molecule has 0 aliphatic rings. The molecule has 1 unspecified atom stereocenters. The van der Waals surface area contributed by atoms with E-state index in [2.05, 4.69) is 59.4 Å². The molecule has 5 atom stereocenters. The second-order valence-electron chi connectivity index (χ2n) is 14.9. The average molecular weight is 909 g/mol. The summed E-state index contributed by atoms with van der Waals surface area (Å²) in [5, 5.41) is 30.2. The summed E-state index contributed by atoms with van der Waals surface area (Å²) in [6.45, 7) is 1.43. The third kappa shape index (κ3) is 41.5. The second kappa shape index (κ2) is 39.3. The molecule has 354 valence electrons. The Morgan fingerprint density at radius 1 is 0.525 bits per heavy atom. The summed E-state index contributed by atoms with van der Waals surface area (Å²) in [4.78, 5) is 52.7. The summed E-state index contributed by atoms with van der Waals surface area (Å²) in [7, 11) is -9.75. The number of hydrogen-bond donors (Lipinski definition) is 6. The number of phosphoric acid groups is 2. The molecule has 0 aliphatic carbocycles. The molecule has 0 spiro atoms. The fraction of sp³-hybridized carbons (Fsp3) is 0.727. The van der Waals surface area contributed by atoms with E-state index in [4.69, 9.17) is 23.8 Å². The van der Waals surface area contributed by atoms with E-state index in [9.17, 15) is 38.9 Å². The van der Waals surface area contributed by atoms with Crippen molar-refractivity contribution < 1.29 is 71.8 Å². The van der Waals surface area contributed by atoms with Gasteiger partial charge in [0.25, 0.3) is 0 Å². The number of rotatable bonds is 41. The first-order valence-corrected chi connectivity index (χ1v) is 25.2. The zero-order valence-corrected chi connectivity index (χ0v) is 38.5. The predicted molar refractivity (Wildman–Crippen MR) is 237 cm³/mol. The molecule has 0 fully saturated rings. The van der Waals surface area contributed by atoms with Crippen LogP contribution >= 0.6 is 15.6 Å². The zero-order valence-electron chi connectivity index (χ0n) is 36.7. The molecule has 0 heterocycles. The van der Waals surface area contributed by atoms with Gasteiger partial charge in [-0.15, -0.1) is 0 Å². The number of carbonyl (C=O) groups is 2. The maximum absolute atomic E-state index is 12.6. The third-order valence-corrected chi connectivity index (χ3v) is 10.5. The monoisotopic (exact) mass is 908 g/mol. The van der Waals surface area contributed by atoms with E-state index < -0.39 is 78.4 Å². The lowest BCUT2D eigenvalue weighted by atomic mass is 10.0. The van der Waals surface area contributed by atoms with Crippen LogP contribution < -0.4 is 0 Å². The summed E-state index contributed by atoms with van der Waals surface area (Å²) < 4.78 is 47.6. The molecule has 0 bridgehead atoms. The molecule has 0 saturated heterocycles. The first kappa shape index (κ1) is 58.7. The lowest BCUT2D eigenvalue weighted by molar-refractivity contribution is -0.161. The number of esters is 2. The molecule has 0 aliphatic heterocycles. The number of unbranched alkanes of at least 4 members (excludes halogenated alkanes) is 11. The Kier molecular flexibility index (Phi) is 37.9. The largest absolute Gasteiger partial charge is 0.472 e. The van der Waals surface area contributed by atoms with Crippen molar-refractivity contribution >= 4 is 27.6 Å². The molecular weight excluding hydrogens is 830 g/mol. The van der Waals surface area contributed by atoms with Gasteiger partial charge in [-0.25, -0.2) is 9.13 Å². The van der Waals surface area contributed by atoms with Gasteiger partial charge in [-0.1, -0.05) is 126 Å². The lowest BCUT2D eigenvalue weighted by Crippen LogP contribution is -2.29. The van der Waals surface area contributed by atoms with Crippen molar-refractivity contribution in [1.82, 2.24) is 0 Å². The van der Waals surface area contributed by atoms with E-state index >= 15 is 0 Å². The van der Waals surface area contributed by atoms with Crippen LogP contribution in [-0.2, 0) is 41.8 Å². The van der Waals surface area contributed by atoms with E-state index in [0.717, 1.165) is 70.6 Å². The number of phosphoric ester groups is 2. The Balaban J connectivity index is 4.73. The van der Waals surface area contributed by atoms with Crippen molar-refractivity contribution in [1.29, 1.82) is 0 Å². The first-order chi connectivity index (χ1) is 29.2. The summed E-state index contributed by atoms with van der Waals surface area (Å²) in [6, 6.07) is 0. The molecule has 61 heavy (non-hydrogen) atoms. The Hall–Kier alpha value is -2.26. The normalized spacial score (nSPS) is 15.6. The number of carbonyl (C=O) groups excluding carboxylic acids is 2. The average Bonchev–Trinajstić information content (AvgIpc) is 3.21. The van der Waals surface area contributed by atoms with E-state index in [0.29, 0.717) is 32.1 Å². The summed E-state index contributed by atoms with van der Waals surface area (Å²) in [5.41, 5.74) is 0. The minimum atomic E-state index is -4.89. The second-order valence-corrected chi connectivity index (χ2v) is 17.6. The minimum absolute atomic E-state index is 0.0215. The fourth-order valence-electron chi connectivity index (χ4n) is 5.54. The smallest absolute Gasteiger partial charge is 0.462 e. The molecule has 0 amide bonds. The quantitative estimate of drug-likeness (QED) is 0.0145. The van der Waals surface area contributed by atoms with Crippen molar-refractivity contribution in [2.45, 2.75) is 180 Å². The molecule has 6 N–H and O–H groups in total. The summed E-state index contributed by atoms with van der Waals surface area (Å²) in [6.07, 6.45) is 33.8. The van der Waals surface area contributed by atoms with Gasteiger partial charge in [0.2, 0.25) is 0 Å². The fourth-order valence-corrected chi connectivity index (χ4v) is 6.69. The van der Waals surface area contributed by atoms with Gasteiger partial charge in [0.15, 0.2) is 6.10 Å². The van der Waals surface area contributed by atoms with Gasteiger partial charge in [0, 0.05) is 12.8 Å². The highest BCUT2D eigenvalue weighted by atomic mass is 31.2. The highest BCUT2D eigenvalue weighted by Gasteiger charge is 2.28. The highest BCUT2D eigenvalue weighted by molar-refractivity contribution is 7.47. The summed E-state index contributed by atoms with van der Waals surface area (Å²) >= 11 is 0. The molecule has 0 aromatic rings. The van der Waals surface area contributed by atoms with Crippen molar-refractivity contribution in [3.05, 3.63) is 60.8 Å². The van der Waals surface area contributed by atoms with Crippen molar-refractivity contribution in [3.8, 4) is 0 Å². The van der Waals surface area contributed by atoms with Gasteiger partial charge < -0.3 is 39.5 Å². The van der Waals surface area contributed by atoms with Gasteiger partial charge in [0.05, 0.1) is 32.0 Å². The van der Waals surface area contributed by atoms with Gasteiger partial charge in [0.1, 0.15) is 12.7 Å². The molecule has 0 aromatic heterocycles. The van der Waals surface area contributed by atoms with Crippen LogP contribution in [0.5, 0.6) is 0 Å². The Labute approximate surface area is 365 Å². The van der Waals surface area contributed by atoms with Crippen LogP contribution in [0.25, 0.3) is 0 Å². The Morgan fingerprint density at radius 3 is 1.61 bits per heavy atom. The van der Waals surface area contributed by atoms with Crippen LogP contribution in [0.3, 0.4) is 0 Å². The maximum atomic E-state index is 12.6. The number of allylic oxidation sites excluding steroid dienone is 9. The van der Waals surface area contributed by atoms with Gasteiger partial charge in [-0.05, 0) is 77.0 Å².